The monoisotopic (exact) mass is 295 g/mol. The summed E-state index contributed by atoms with van der Waals surface area (Å²) in [4.78, 5) is 12.3. The van der Waals surface area contributed by atoms with E-state index in [1.54, 1.807) is 24.3 Å². The molecular formula is C18H17NO3. The van der Waals surface area contributed by atoms with Crippen LogP contribution in [-0.2, 0) is 0 Å². The average molecular weight is 295 g/mol. The van der Waals surface area contributed by atoms with Gasteiger partial charge in [0.2, 0.25) is 0 Å². The number of benzene rings is 2. The van der Waals surface area contributed by atoms with Gasteiger partial charge in [-0.1, -0.05) is 19.1 Å². The van der Waals surface area contributed by atoms with E-state index < -0.39 is 0 Å². The Morgan fingerprint density at radius 2 is 2.00 bits per heavy atom. The minimum Gasteiger partial charge on any atom is -0.494 e. The number of hydrogen-bond acceptors (Lipinski definition) is 4. The molecule has 22 heavy (non-hydrogen) atoms. The number of anilines is 1. The number of nitrogen functional groups attached to an aromatic ring is 1. The predicted octanol–water partition coefficient (Wildman–Crippen LogP) is 3.83. The average Bonchev–Trinajstić information content (AvgIpc) is 2.53. The van der Waals surface area contributed by atoms with Crippen molar-refractivity contribution in [3.63, 3.8) is 0 Å². The van der Waals surface area contributed by atoms with E-state index in [0.717, 1.165) is 12.0 Å². The van der Waals surface area contributed by atoms with Crippen LogP contribution in [0.5, 0.6) is 5.75 Å². The summed E-state index contributed by atoms with van der Waals surface area (Å²) >= 11 is 0. The molecular weight excluding hydrogens is 278 g/mol. The van der Waals surface area contributed by atoms with E-state index in [1.807, 2.05) is 25.1 Å². The highest BCUT2D eigenvalue weighted by Gasteiger charge is 2.08. The van der Waals surface area contributed by atoms with Gasteiger partial charge in [-0.2, -0.15) is 0 Å². The van der Waals surface area contributed by atoms with Crippen molar-refractivity contribution in [2.45, 2.75) is 13.3 Å². The molecule has 4 nitrogen and oxygen atoms in total. The van der Waals surface area contributed by atoms with Gasteiger partial charge in [0.1, 0.15) is 17.1 Å². The van der Waals surface area contributed by atoms with Crippen LogP contribution in [-0.4, -0.2) is 6.61 Å². The van der Waals surface area contributed by atoms with E-state index in [-0.39, 0.29) is 5.43 Å². The first-order valence-electron chi connectivity index (χ1n) is 7.24. The summed E-state index contributed by atoms with van der Waals surface area (Å²) in [6.45, 7) is 2.66. The molecule has 4 heteroatoms. The number of rotatable bonds is 4. The van der Waals surface area contributed by atoms with E-state index in [0.29, 0.717) is 34.8 Å². The Bertz CT molecular complexity index is 868. The van der Waals surface area contributed by atoms with Crippen molar-refractivity contribution in [1.82, 2.24) is 0 Å². The van der Waals surface area contributed by atoms with Gasteiger partial charge < -0.3 is 14.9 Å². The molecule has 0 bridgehead atoms. The van der Waals surface area contributed by atoms with Gasteiger partial charge in [0.25, 0.3) is 0 Å². The molecule has 0 aliphatic carbocycles. The minimum absolute atomic E-state index is 0.0966. The zero-order chi connectivity index (χ0) is 15.5. The molecule has 0 radical (unpaired) electrons. The van der Waals surface area contributed by atoms with Gasteiger partial charge in [-0.15, -0.1) is 0 Å². The van der Waals surface area contributed by atoms with Crippen LogP contribution in [0.15, 0.2) is 57.7 Å². The molecule has 0 atom stereocenters. The highest BCUT2D eigenvalue weighted by atomic mass is 16.5. The lowest BCUT2D eigenvalue weighted by atomic mass is 10.1. The molecule has 0 aliphatic rings. The summed E-state index contributed by atoms with van der Waals surface area (Å²) in [5.74, 6) is 1.19. The standard InChI is InChI=1S/C18H17NO3/c1-2-8-21-14-6-7-17-15(10-14)16(20)11-18(22-17)12-4-3-5-13(19)9-12/h3-7,9-11H,2,8,19H2,1H3. The minimum atomic E-state index is -0.0966. The maximum absolute atomic E-state index is 12.3. The Morgan fingerprint density at radius 1 is 1.14 bits per heavy atom. The van der Waals surface area contributed by atoms with Gasteiger partial charge in [-0.05, 0) is 36.8 Å². The van der Waals surface area contributed by atoms with Gasteiger partial charge in [-0.3, -0.25) is 4.79 Å². The van der Waals surface area contributed by atoms with Crippen LogP contribution in [0.1, 0.15) is 13.3 Å². The molecule has 1 heterocycles. The normalized spacial score (nSPS) is 10.8. The van der Waals surface area contributed by atoms with E-state index in [4.69, 9.17) is 14.9 Å². The van der Waals surface area contributed by atoms with Crippen LogP contribution < -0.4 is 15.9 Å². The Balaban J connectivity index is 2.08. The van der Waals surface area contributed by atoms with Gasteiger partial charge in [0.05, 0.1) is 12.0 Å². The van der Waals surface area contributed by atoms with E-state index >= 15 is 0 Å². The fourth-order valence-corrected chi connectivity index (χ4v) is 2.28. The maximum Gasteiger partial charge on any atom is 0.193 e. The van der Waals surface area contributed by atoms with Crippen LogP contribution >= 0.6 is 0 Å². The summed E-state index contributed by atoms with van der Waals surface area (Å²) < 4.78 is 11.4. The highest BCUT2D eigenvalue weighted by Crippen LogP contribution is 2.25. The van der Waals surface area contributed by atoms with Crippen LogP contribution in [0.3, 0.4) is 0 Å². The number of hydrogen-bond donors (Lipinski definition) is 1. The van der Waals surface area contributed by atoms with Gasteiger partial charge >= 0.3 is 0 Å². The molecule has 112 valence electrons. The zero-order valence-electron chi connectivity index (χ0n) is 12.3. The van der Waals surface area contributed by atoms with Crippen LogP contribution in [0.25, 0.3) is 22.3 Å². The molecule has 0 amide bonds. The van der Waals surface area contributed by atoms with Crippen LogP contribution in [0, 0.1) is 0 Å². The Hall–Kier alpha value is -2.75. The van der Waals surface area contributed by atoms with Crippen molar-refractivity contribution in [2.75, 3.05) is 12.3 Å². The smallest absolute Gasteiger partial charge is 0.193 e. The molecule has 0 saturated heterocycles. The maximum atomic E-state index is 12.3. The quantitative estimate of drug-likeness (QED) is 0.743. The molecule has 3 aromatic rings. The van der Waals surface area contributed by atoms with Crippen molar-refractivity contribution in [2.24, 2.45) is 0 Å². The molecule has 0 fully saturated rings. The summed E-state index contributed by atoms with van der Waals surface area (Å²) in [6, 6.07) is 14.0. The molecule has 1 aromatic heterocycles. The third-order valence-electron chi connectivity index (χ3n) is 3.34. The largest absolute Gasteiger partial charge is 0.494 e. The topological polar surface area (TPSA) is 65.5 Å². The lowest BCUT2D eigenvalue weighted by Gasteiger charge is -2.07. The third kappa shape index (κ3) is 2.81. The molecule has 0 aliphatic heterocycles. The van der Waals surface area contributed by atoms with Crippen molar-refractivity contribution in [3.05, 3.63) is 58.8 Å². The molecule has 2 N–H and O–H groups in total. The fourth-order valence-electron chi connectivity index (χ4n) is 2.28. The fraction of sp³-hybridized carbons (Fsp3) is 0.167. The van der Waals surface area contributed by atoms with Crippen LogP contribution in [0.4, 0.5) is 5.69 Å². The molecule has 0 spiro atoms. The van der Waals surface area contributed by atoms with Gasteiger partial charge in [-0.25, -0.2) is 0 Å². The van der Waals surface area contributed by atoms with Crippen molar-refractivity contribution in [3.8, 4) is 17.1 Å². The molecule has 0 unspecified atom stereocenters. The highest BCUT2D eigenvalue weighted by molar-refractivity contribution is 5.80. The Morgan fingerprint density at radius 3 is 2.77 bits per heavy atom. The van der Waals surface area contributed by atoms with Crippen LogP contribution in [0.2, 0.25) is 0 Å². The summed E-state index contributed by atoms with van der Waals surface area (Å²) in [5.41, 5.74) is 7.63. The lowest BCUT2D eigenvalue weighted by Crippen LogP contribution is -2.02. The Labute approximate surface area is 128 Å². The molecule has 3 rings (SSSR count). The van der Waals surface area contributed by atoms with E-state index in [1.165, 1.54) is 6.07 Å². The first kappa shape index (κ1) is 14.2. The second-order valence-corrected chi connectivity index (χ2v) is 5.11. The zero-order valence-corrected chi connectivity index (χ0v) is 12.3. The van der Waals surface area contributed by atoms with Gasteiger partial charge in [0.15, 0.2) is 5.43 Å². The lowest BCUT2D eigenvalue weighted by molar-refractivity contribution is 0.317. The molecule has 2 aromatic carbocycles. The van der Waals surface area contributed by atoms with Gasteiger partial charge in [0, 0.05) is 17.3 Å². The van der Waals surface area contributed by atoms with E-state index in [9.17, 15) is 4.79 Å². The summed E-state index contributed by atoms with van der Waals surface area (Å²) in [6.07, 6.45) is 0.918. The van der Waals surface area contributed by atoms with E-state index in [2.05, 4.69) is 0 Å². The third-order valence-corrected chi connectivity index (χ3v) is 3.34. The van der Waals surface area contributed by atoms with Crippen molar-refractivity contribution < 1.29 is 9.15 Å². The second-order valence-electron chi connectivity index (χ2n) is 5.11. The molecule has 0 saturated carbocycles. The predicted molar refractivity (Wildman–Crippen MR) is 88.1 cm³/mol. The summed E-state index contributed by atoms with van der Waals surface area (Å²) in [7, 11) is 0. The van der Waals surface area contributed by atoms with Crippen molar-refractivity contribution >= 4 is 16.7 Å². The van der Waals surface area contributed by atoms with Crippen molar-refractivity contribution in [1.29, 1.82) is 0 Å². The SMILES string of the molecule is CCCOc1ccc2oc(-c3cccc(N)c3)cc(=O)c2c1. The summed E-state index contributed by atoms with van der Waals surface area (Å²) in [5, 5.41) is 0.515. The second kappa shape index (κ2) is 5.93. The number of nitrogens with two attached hydrogens (primary N) is 1. The number of ether oxygens (including phenoxy) is 1. The number of fused-ring (bicyclic) bond motifs is 1. The Kier molecular flexibility index (Phi) is 3.83. The first-order valence-corrected chi connectivity index (χ1v) is 7.24. The first-order chi connectivity index (χ1) is 10.7.